The van der Waals surface area contributed by atoms with E-state index >= 15 is 0 Å². The number of ether oxygens (including phenoxy) is 1. The number of carbonyl (C=O) groups is 2. The minimum atomic E-state index is -0.659. The molecule has 2 aromatic carbocycles. The van der Waals surface area contributed by atoms with Gasteiger partial charge < -0.3 is 10.1 Å². The Bertz CT molecular complexity index is 1040. The van der Waals surface area contributed by atoms with Gasteiger partial charge in [-0.05, 0) is 68.0 Å². The highest BCUT2D eigenvalue weighted by Gasteiger charge is 2.33. The molecule has 4 rings (SSSR count). The number of hydrazine groups is 1. The van der Waals surface area contributed by atoms with Crippen LogP contribution in [0, 0.1) is 11.7 Å². The van der Waals surface area contributed by atoms with Crippen molar-refractivity contribution in [2.45, 2.75) is 64.3 Å². The Hall–Kier alpha value is -3.09. The molecule has 0 saturated heterocycles. The predicted molar refractivity (Wildman–Crippen MR) is 135 cm³/mol. The van der Waals surface area contributed by atoms with Crippen molar-refractivity contribution < 1.29 is 18.7 Å². The van der Waals surface area contributed by atoms with Gasteiger partial charge in [0.25, 0.3) is 11.8 Å². The third-order valence-electron chi connectivity index (χ3n) is 7.29. The van der Waals surface area contributed by atoms with E-state index < -0.39 is 6.04 Å². The number of hydrogen-bond donors (Lipinski definition) is 1. The van der Waals surface area contributed by atoms with Crippen molar-refractivity contribution in [1.29, 1.82) is 0 Å². The van der Waals surface area contributed by atoms with Gasteiger partial charge in [-0.3, -0.25) is 19.6 Å². The maximum Gasteiger partial charge on any atom is 0.263 e. The summed E-state index contributed by atoms with van der Waals surface area (Å²) in [5, 5.41) is 6.55. The van der Waals surface area contributed by atoms with Crippen molar-refractivity contribution in [2.75, 3.05) is 25.2 Å². The predicted octanol–water partition coefficient (Wildman–Crippen LogP) is 5.12. The number of rotatable bonds is 9. The van der Waals surface area contributed by atoms with Crippen molar-refractivity contribution in [3.05, 3.63) is 59.4 Å². The third-order valence-corrected chi connectivity index (χ3v) is 7.29. The second-order valence-corrected chi connectivity index (χ2v) is 9.54. The molecule has 1 heterocycles. The van der Waals surface area contributed by atoms with E-state index in [-0.39, 0.29) is 17.6 Å². The molecule has 1 saturated carbocycles. The van der Waals surface area contributed by atoms with Crippen molar-refractivity contribution in [3.63, 3.8) is 0 Å². The smallest absolute Gasteiger partial charge is 0.263 e. The molecule has 6 nitrogen and oxygen atoms in total. The number of nitrogens with zero attached hydrogens (tertiary/aromatic N) is 2. The highest BCUT2D eigenvalue weighted by atomic mass is 19.1. The monoisotopic (exact) mass is 481 g/mol. The van der Waals surface area contributed by atoms with Crippen LogP contribution in [-0.2, 0) is 11.2 Å². The average molecular weight is 482 g/mol. The Kier molecular flexibility index (Phi) is 8.26. The maximum absolute atomic E-state index is 14.0. The van der Waals surface area contributed by atoms with Gasteiger partial charge in [-0.15, -0.1) is 0 Å². The van der Waals surface area contributed by atoms with E-state index in [2.05, 4.69) is 5.32 Å². The second-order valence-electron chi connectivity index (χ2n) is 9.54. The van der Waals surface area contributed by atoms with Gasteiger partial charge in [-0.1, -0.05) is 44.2 Å². The zero-order chi connectivity index (χ0) is 24.8. The molecule has 0 radical (unpaired) electrons. The van der Waals surface area contributed by atoms with Gasteiger partial charge >= 0.3 is 0 Å². The highest BCUT2D eigenvalue weighted by Crippen LogP contribution is 2.31. The molecule has 1 unspecified atom stereocenters. The van der Waals surface area contributed by atoms with Gasteiger partial charge in [0, 0.05) is 18.7 Å². The van der Waals surface area contributed by atoms with Crippen LogP contribution in [0.2, 0.25) is 0 Å². The minimum absolute atomic E-state index is 0.156. The molecule has 0 bridgehead atoms. The SMILES string of the molecule is CCN(C(=O)C(CCC1CCCCC1)NC(=O)c1cccc(OC)c1)N1CCc2ccc(F)cc21. The molecule has 1 aliphatic heterocycles. The van der Waals surface area contributed by atoms with E-state index in [1.54, 1.807) is 42.5 Å². The van der Waals surface area contributed by atoms with Gasteiger partial charge in [0.2, 0.25) is 0 Å². The van der Waals surface area contributed by atoms with E-state index in [1.165, 1.54) is 44.2 Å². The number of hydrogen-bond acceptors (Lipinski definition) is 4. The lowest BCUT2D eigenvalue weighted by atomic mass is 9.85. The first-order chi connectivity index (χ1) is 17.0. The van der Waals surface area contributed by atoms with Crippen LogP contribution < -0.4 is 15.1 Å². The summed E-state index contributed by atoms with van der Waals surface area (Å²) in [5.74, 6) is 0.406. The van der Waals surface area contributed by atoms with Gasteiger partial charge in [0.15, 0.2) is 0 Å². The normalized spacial score (nSPS) is 16.5. The number of halogens is 1. The first kappa shape index (κ1) is 25.0. The summed E-state index contributed by atoms with van der Waals surface area (Å²) >= 11 is 0. The van der Waals surface area contributed by atoms with Crippen LogP contribution in [0.1, 0.15) is 67.8 Å². The molecule has 0 spiro atoms. The van der Waals surface area contributed by atoms with E-state index in [9.17, 15) is 14.0 Å². The van der Waals surface area contributed by atoms with Crippen LogP contribution in [0.15, 0.2) is 42.5 Å². The zero-order valence-electron chi connectivity index (χ0n) is 20.8. The number of methoxy groups -OCH3 is 1. The van der Waals surface area contributed by atoms with E-state index in [4.69, 9.17) is 4.74 Å². The molecule has 188 valence electrons. The standard InChI is InChI=1S/C28H36FN3O3/c1-3-31(32-17-16-21-13-14-23(29)19-26(21)32)28(34)25(15-12-20-8-5-4-6-9-20)30-27(33)22-10-7-11-24(18-22)35-2/h7,10-11,13-14,18-20,25H,3-6,8-9,12,15-17H2,1-2H3,(H,30,33). The molecule has 0 aromatic heterocycles. The fraction of sp³-hybridized carbons (Fsp3) is 0.500. The maximum atomic E-state index is 14.0. The van der Waals surface area contributed by atoms with Crippen LogP contribution >= 0.6 is 0 Å². The summed E-state index contributed by atoms with van der Waals surface area (Å²) in [6.45, 7) is 2.96. The number of amides is 2. The number of likely N-dealkylation sites (N-methyl/N-ethyl adjacent to an activating group) is 1. The fourth-order valence-corrected chi connectivity index (χ4v) is 5.35. The Morgan fingerprint density at radius 3 is 2.71 bits per heavy atom. The lowest BCUT2D eigenvalue weighted by molar-refractivity contribution is -0.134. The molecule has 1 atom stereocenters. The van der Waals surface area contributed by atoms with Gasteiger partial charge in [-0.2, -0.15) is 0 Å². The van der Waals surface area contributed by atoms with Crippen LogP contribution in [0.5, 0.6) is 5.75 Å². The van der Waals surface area contributed by atoms with Gasteiger partial charge in [-0.25, -0.2) is 4.39 Å². The van der Waals surface area contributed by atoms with Crippen LogP contribution in [0.3, 0.4) is 0 Å². The summed E-state index contributed by atoms with van der Waals surface area (Å²) in [6.07, 6.45) is 8.34. The van der Waals surface area contributed by atoms with Gasteiger partial charge in [0.05, 0.1) is 12.8 Å². The molecule has 1 aliphatic carbocycles. The molecular weight excluding hydrogens is 445 g/mol. The second kappa shape index (κ2) is 11.6. The molecule has 1 N–H and O–H groups in total. The summed E-state index contributed by atoms with van der Waals surface area (Å²) in [5.41, 5.74) is 2.21. The first-order valence-corrected chi connectivity index (χ1v) is 12.8. The Morgan fingerprint density at radius 2 is 1.97 bits per heavy atom. The van der Waals surface area contributed by atoms with Gasteiger partial charge in [0.1, 0.15) is 17.6 Å². The van der Waals surface area contributed by atoms with Crippen molar-refractivity contribution >= 4 is 17.5 Å². The number of nitrogens with one attached hydrogen (secondary N) is 1. The minimum Gasteiger partial charge on any atom is -0.497 e. The summed E-state index contributed by atoms with van der Waals surface area (Å²) < 4.78 is 19.3. The summed E-state index contributed by atoms with van der Waals surface area (Å²) in [6, 6.07) is 11.0. The summed E-state index contributed by atoms with van der Waals surface area (Å²) in [4.78, 5) is 27.0. The molecular formula is C28H36FN3O3. The lowest BCUT2D eigenvalue weighted by Gasteiger charge is -2.36. The number of carbonyl (C=O) groups excluding carboxylic acids is 2. The number of benzene rings is 2. The Labute approximate surface area is 207 Å². The first-order valence-electron chi connectivity index (χ1n) is 12.8. The number of fused-ring (bicyclic) bond motifs is 1. The molecule has 2 aliphatic rings. The third kappa shape index (κ3) is 5.95. The fourth-order valence-electron chi connectivity index (χ4n) is 5.35. The van der Waals surface area contributed by atoms with E-state index in [1.807, 2.05) is 11.9 Å². The summed E-state index contributed by atoms with van der Waals surface area (Å²) in [7, 11) is 1.56. The molecule has 35 heavy (non-hydrogen) atoms. The van der Waals surface area contributed by atoms with E-state index in [0.29, 0.717) is 36.7 Å². The largest absolute Gasteiger partial charge is 0.497 e. The Morgan fingerprint density at radius 1 is 1.17 bits per heavy atom. The molecule has 7 heteroatoms. The van der Waals surface area contributed by atoms with Crippen molar-refractivity contribution in [2.24, 2.45) is 5.92 Å². The lowest BCUT2D eigenvalue weighted by Crippen LogP contribution is -2.54. The van der Waals surface area contributed by atoms with Crippen LogP contribution in [0.4, 0.5) is 10.1 Å². The molecule has 2 aromatic rings. The quantitative estimate of drug-likeness (QED) is 0.540. The van der Waals surface area contributed by atoms with Crippen LogP contribution in [-0.4, -0.2) is 43.1 Å². The topological polar surface area (TPSA) is 61.9 Å². The zero-order valence-corrected chi connectivity index (χ0v) is 20.8. The average Bonchev–Trinajstić information content (AvgIpc) is 3.30. The Balaban J connectivity index is 1.54. The van der Waals surface area contributed by atoms with Crippen LogP contribution in [0.25, 0.3) is 0 Å². The van der Waals surface area contributed by atoms with E-state index in [0.717, 1.165) is 24.1 Å². The molecule has 2 amide bonds. The van der Waals surface area contributed by atoms with Crippen molar-refractivity contribution in [1.82, 2.24) is 10.3 Å². The highest BCUT2D eigenvalue weighted by molar-refractivity contribution is 5.98. The molecule has 1 fully saturated rings. The number of anilines is 1. The van der Waals surface area contributed by atoms with Crippen molar-refractivity contribution in [3.8, 4) is 5.75 Å².